The fraction of sp³-hybridized carbons (Fsp3) is 0.308. The Bertz CT molecular complexity index is 583. The van der Waals surface area contributed by atoms with Crippen LogP contribution in [-0.2, 0) is 11.3 Å². The smallest absolute Gasteiger partial charge is 0.221 e. The molecule has 0 saturated heterocycles. The first kappa shape index (κ1) is 15.5. The highest BCUT2D eigenvalue weighted by atomic mass is 35.5. The van der Waals surface area contributed by atoms with Crippen molar-refractivity contribution in [1.29, 1.82) is 0 Å². The van der Waals surface area contributed by atoms with Crippen LogP contribution in [0.2, 0.25) is 0 Å². The van der Waals surface area contributed by atoms with E-state index in [4.69, 9.17) is 10.2 Å². The molecule has 2 aromatic rings. The lowest BCUT2D eigenvalue weighted by molar-refractivity contribution is -0.121. The number of nitrogens with two attached hydrogens (primary N) is 1. The fourth-order valence-electron chi connectivity index (χ4n) is 1.81. The molecule has 19 heavy (non-hydrogen) atoms. The molecule has 0 aliphatic rings. The van der Waals surface area contributed by atoms with Gasteiger partial charge in [-0.1, -0.05) is 0 Å². The number of carbonyl (C=O) groups excluding carboxylic acids is 1. The largest absolute Gasteiger partial charge is 0.459 e. The molecule has 4 nitrogen and oxygen atoms in total. The highest BCUT2D eigenvalue weighted by Crippen LogP contribution is 2.25. The lowest BCUT2D eigenvalue weighted by atomic mass is 10.1. The Morgan fingerprint density at radius 3 is 2.89 bits per heavy atom. The Morgan fingerprint density at radius 2 is 2.21 bits per heavy atom. The second-order valence-corrected chi connectivity index (χ2v) is 4.11. The summed E-state index contributed by atoms with van der Waals surface area (Å²) in [4.78, 5) is 11.3. The summed E-state index contributed by atoms with van der Waals surface area (Å²) in [5, 5.41) is 3.44. The average molecular weight is 287 g/mol. The van der Waals surface area contributed by atoms with Crippen LogP contribution in [0.5, 0.6) is 0 Å². The summed E-state index contributed by atoms with van der Waals surface area (Å²) in [5.41, 5.74) is 6.75. The Hall–Kier alpha value is -1.59. The number of rotatable bonds is 4. The molecule has 1 amide bonds. The van der Waals surface area contributed by atoms with Crippen LogP contribution in [0, 0.1) is 12.7 Å². The van der Waals surface area contributed by atoms with Gasteiger partial charge in [-0.25, -0.2) is 4.39 Å². The number of carbonyl (C=O) groups is 1. The zero-order valence-corrected chi connectivity index (χ0v) is 11.3. The Kier molecular flexibility index (Phi) is 5.32. The minimum atomic E-state index is -0.301. The molecule has 0 spiro atoms. The molecule has 1 aromatic heterocycles. The van der Waals surface area contributed by atoms with Crippen molar-refractivity contribution in [1.82, 2.24) is 5.32 Å². The molecule has 0 fully saturated rings. The van der Waals surface area contributed by atoms with Gasteiger partial charge in [-0.3, -0.25) is 4.79 Å². The Labute approximate surface area is 116 Å². The summed E-state index contributed by atoms with van der Waals surface area (Å²) >= 11 is 0. The van der Waals surface area contributed by atoms with E-state index in [0.717, 1.165) is 10.9 Å². The zero-order chi connectivity index (χ0) is 13.1. The molecule has 2 rings (SSSR count). The van der Waals surface area contributed by atoms with E-state index < -0.39 is 0 Å². The van der Waals surface area contributed by atoms with E-state index in [1.54, 1.807) is 6.07 Å². The first-order chi connectivity index (χ1) is 8.61. The van der Waals surface area contributed by atoms with Crippen molar-refractivity contribution in [2.75, 3.05) is 6.54 Å². The van der Waals surface area contributed by atoms with Gasteiger partial charge in [0.1, 0.15) is 17.2 Å². The molecule has 0 radical (unpaired) electrons. The van der Waals surface area contributed by atoms with Crippen LogP contribution in [0.1, 0.15) is 17.7 Å². The number of hydrogen-bond donors (Lipinski definition) is 2. The molecular weight excluding hydrogens is 271 g/mol. The summed E-state index contributed by atoms with van der Waals surface area (Å²) in [7, 11) is 0. The van der Waals surface area contributed by atoms with Crippen molar-refractivity contribution in [2.45, 2.75) is 19.9 Å². The zero-order valence-electron chi connectivity index (χ0n) is 10.5. The van der Waals surface area contributed by atoms with Gasteiger partial charge in [-0.05, 0) is 25.1 Å². The molecule has 0 aliphatic heterocycles. The van der Waals surface area contributed by atoms with Crippen LogP contribution in [0.25, 0.3) is 11.0 Å². The van der Waals surface area contributed by atoms with Crippen molar-refractivity contribution in [3.05, 3.63) is 35.3 Å². The van der Waals surface area contributed by atoms with E-state index in [1.807, 2.05) is 6.92 Å². The first-order valence-electron chi connectivity index (χ1n) is 5.76. The number of halogens is 2. The molecule has 0 aliphatic carbocycles. The number of benzene rings is 1. The van der Waals surface area contributed by atoms with Gasteiger partial charge in [-0.15, -0.1) is 12.4 Å². The number of hydrogen-bond acceptors (Lipinski definition) is 3. The Morgan fingerprint density at radius 1 is 1.47 bits per heavy atom. The van der Waals surface area contributed by atoms with E-state index in [9.17, 15) is 9.18 Å². The minimum Gasteiger partial charge on any atom is -0.459 e. The van der Waals surface area contributed by atoms with Crippen molar-refractivity contribution in [3.8, 4) is 0 Å². The summed E-state index contributed by atoms with van der Waals surface area (Å²) in [6, 6.07) is 4.37. The quantitative estimate of drug-likeness (QED) is 0.906. The Balaban J connectivity index is 0.00000180. The number of aryl methyl sites for hydroxylation is 1. The molecule has 0 saturated carbocycles. The predicted molar refractivity (Wildman–Crippen MR) is 73.7 cm³/mol. The normalized spacial score (nSPS) is 10.3. The van der Waals surface area contributed by atoms with Gasteiger partial charge in [0.05, 0.1) is 6.54 Å². The molecule has 1 aromatic carbocycles. The number of furan rings is 1. The minimum absolute atomic E-state index is 0. The van der Waals surface area contributed by atoms with Crippen LogP contribution in [-0.4, -0.2) is 12.5 Å². The molecule has 0 bridgehead atoms. The topological polar surface area (TPSA) is 68.3 Å². The molecule has 1 heterocycles. The second-order valence-electron chi connectivity index (χ2n) is 4.11. The maximum Gasteiger partial charge on any atom is 0.221 e. The van der Waals surface area contributed by atoms with Crippen molar-refractivity contribution in [2.24, 2.45) is 5.73 Å². The third-order valence-corrected chi connectivity index (χ3v) is 2.81. The van der Waals surface area contributed by atoms with Gasteiger partial charge in [0.15, 0.2) is 0 Å². The molecule has 6 heteroatoms. The van der Waals surface area contributed by atoms with E-state index in [0.29, 0.717) is 24.4 Å². The third-order valence-electron chi connectivity index (χ3n) is 2.81. The van der Waals surface area contributed by atoms with Crippen LogP contribution >= 0.6 is 12.4 Å². The van der Waals surface area contributed by atoms with E-state index >= 15 is 0 Å². The maximum absolute atomic E-state index is 13.1. The fourth-order valence-corrected chi connectivity index (χ4v) is 1.81. The number of nitrogens with one attached hydrogen (secondary N) is 1. The van der Waals surface area contributed by atoms with E-state index in [1.165, 1.54) is 12.1 Å². The molecule has 0 atom stereocenters. The number of amides is 1. The molecule has 104 valence electrons. The summed E-state index contributed by atoms with van der Waals surface area (Å²) in [5.74, 6) is 0.217. The van der Waals surface area contributed by atoms with Gasteiger partial charge in [0.25, 0.3) is 0 Å². The maximum atomic E-state index is 13.1. The van der Waals surface area contributed by atoms with Gasteiger partial charge in [-0.2, -0.15) is 0 Å². The highest BCUT2D eigenvalue weighted by molar-refractivity contribution is 5.85. The van der Waals surface area contributed by atoms with Gasteiger partial charge in [0, 0.05) is 23.9 Å². The standard InChI is InChI=1S/C13H15FN2O2.ClH/c1-8-10-6-9(14)2-3-11(10)18-12(8)7-16-13(17)4-5-15;/h2-3,6H,4-5,7,15H2,1H3,(H,16,17);1H. The number of fused-ring (bicyclic) bond motifs is 1. The highest BCUT2D eigenvalue weighted by Gasteiger charge is 2.11. The van der Waals surface area contributed by atoms with Crippen LogP contribution < -0.4 is 11.1 Å². The lowest BCUT2D eigenvalue weighted by Gasteiger charge is -2.02. The van der Waals surface area contributed by atoms with Crippen LogP contribution in [0.4, 0.5) is 4.39 Å². The summed E-state index contributed by atoms with van der Waals surface area (Å²) in [6.45, 7) is 2.45. The SMILES string of the molecule is Cc1c(CNC(=O)CCN)oc2ccc(F)cc12.Cl. The monoisotopic (exact) mass is 286 g/mol. The van der Waals surface area contributed by atoms with Crippen molar-refractivity contribution < 1.29 is 13.6 Å². The van der Waals surface area contributed by atoms with E-state index in [-0.39, 0.29) is 30.6 Å². The lowest BCUT2D eigenvalue weighted by Crippen LogP contribution is -2.25. The van der Waals surface area contributed by atoms with Gasteiger partial charge in [0.2, 0.25) is 5.91 Å². The van der Waals surface area contributed by atoms with E-state index in [2.05, 4.69) is 5.32 Å². The molecule has 3 N–H and O–H groups in total. The second kappa shape index (κ2) is 6.54. The first-order valence-corrected chi connectivity index (χ1v) is 5.76. The average Bonchev–Trinajstić information content (AvgIpc) is 2.64. The van der Waals surface area contributed by atoms with Gasteiger partial charge < -0.3 is 15.5 Å². The van der Waals surface area contributed by atoms with Crippen molar-refractivity contribution >= 4 is 29.3 Å². The van der Waals surface area contributed by atoms with Crippen LogP contribution in [0.15, 0.2) is 22.6 Å². The molecular formula is C13H16ClFN2O2. The third kappa shape index (κ3) is 3.45. The summed E-state index contributed by atoms with van der Waals surface area (Å²) in [6.07, 6.45) is 0.286. The predicted octanol–water partition coefficient (Wildman–Crippen LogP) is 2.27. The van der Waals surface area contributed by atoms with Crippen molar-refractivity contribution in [3.63, 3.8) is 0 Å². The van der Waals surface area contributed by atoms with Gasteiger partial charge >= 0.3 is 0 Å². The summed E-state index contributed by atoms with van der Waals surface area (Å²) < 4.78 is 18.7. The molecule has 0 unspecified atom stereocenters. The van der Waals surface area contributed by atoms with Crippen LogP contribution in [0.3, 0.4) is 0 Å².